The van der Waals surface area contributed by atoms with Crippen LogP contribution in [-0.4, -0.2) is 26.7 Å². The number of amides is 1. The van der Waals surface area contributed by atoms with Crippen LogP contribution in [0.1, 0.15) is 16.1 Å². The minimum absolute atomic E-state index is 0.217. The molecule has 8 heteroatoms. The Morgan fingerprint density at radius 3 is 2.52 bits per heavy atom. The van der Waals surface area contributed by atoms with Crippen molar-refractivity contribution in [2.45, 2.75) is 0 Å². The number of nitrogens with one attached hydrogen (secondary N) is 1. The van der Waals surface area contributed by atoms with Crippen molar-refractivity contribution < 1.29 is 14.7 Å². The van der Waals surface area contributed by atoms with E-state index in [4.69, 9.17) is 16.7 Å². The molecule has 0 radical (unpaired) electrons. The van der Waals surface area contributed by atoms with Gasteiger partial charge in [-0.1, -0.05) is 11.6 Å². The Hall–Kier alpha value is -3.29. The quantitative estimate of drug-likeness (QED) is 0.594. The zero-order valence-corrected chi connectivity index (χ0v) is 16.4. The van der Waals surface area contributed by atoms with E-state index in [1.165, 1.54) is 11.8 Å². The molecule has 1 fully saturated rings. The Morgan fingerprint density at radius 2 is 1.83 bits per heavy atom. The van der Waals surface area contributed by atoms with Crippen molar-refractivity contribution in [2.24, 2.45) is 4.99 Å². The van der Waals surface area contributed by atoms with E-state index in [0.717, 1.165) is 11.4 Å². The first-order valence-corrected chi connectivity index (χ1v) is 9.75. The van der Waals surface area contributed by atoms with Gasteiger partial charge in [-0.05, 0) is 78.5 Å². The lowest BCUT2D eigenvalue weighted by atomic mass is 10.2. The molecule has 2 N–H and O–H groups in total. The number of carbonyl (C=O) groups is 2. The fraction of sp³-hybridized carbons (Fsp3) is 0. The van der Waals surface area contributed by atoms with Crippen LogP contribution in [0.25, 0.3) is 11.8 Å². The third kappa shape index (κ3) is 4.26. The SMILES string of the molecule is O=C1NC(=Nc2ccc(Cl)cc2)S/C1=C\c1cccn1-c1ccc(C(=O)O)cc1. The van der Waals surface area contributed by atoms with E-state index in [9.17, 15) is 9.59 Å². The number of hydrogen-bond acceptors (Lipinski definition) is 4. The number of benzene rings is 2. The van der Waals surface area contributed by atoms with E-state index in [1.807, 2.05) is 22.9 Å². The van der Waals surface area contributed by atoms with E-state index in [1.54, 1.807) is 54.6 Å². The van der Waals surface area contributed by atoms with E-state index >= 15 is 0 Å². The van der Waals surface area contributed by atoms with Crippen molar-refractivity contribution in [3.8, 4) is 5.69 Å². The molecular formula is C21H14ClN3O3S. The number of carboxylic acids is 1. The summed E-state index contributed by atoms with van der Waals surface area (Å²) in [5, 5.41) is 12.9. The number of thioether (sulfide) groups is 1. The average molecular weight is 424 g/mol. The predicted octanol–water partition coefficient (Wildman–Crippen LogP) is 4.72. The number of amidine groups is 1. The Balaban J connectivity index is 1.59. The summed E-state index contributed by atoms with van der Waals surface area (Å²) < 4.78 is 1.88. The highest BCUT2D eigenvalue weighted by atomic mass is 35.5. The van der Waals surface area contributed by atoms with Gasteiger partial charge in [0.1, 0.15) is 0 Å². The van der Waals surface area contributed by atoms with Gasteiger partial charge in [-0.25, -0.2) is 9.79 Å². The van der Waals surface area contributed by atoms with Gasteiger partial charge < -0.3 is 15.0 Å². The van der Waals surface area contributed by atoms with Gasteiger partial charge in [0.25, 0.3) is 5.91 Å². The number of halogens is 1. The van der Waals surface area contributed by atoms with Crippen LogP contribution in [0.4, 0.5) is 5.69 Å². The first-order valence-electron chi connectivity index (χ1n) is 8.56. The van der Waals surface area contributed by atoms with Gasteiger partial charge in [0, 0.05) is 22.6 Å². The smallest absolute Gasteiger partial charge is 0.335 e. The minimum Gasteiger partial charge on any atom is -0.478 e. The van der Waals surface area contributed by atoms with Crippen molar-refractivity contribution in [2.75, 3.05) is 0 Å². The number of aromatic carboxylic acids is 1. The number of hydrogen-bond donors (Lipinski definition) is 2. The van der Waals surface area contributed by atoms with Crippen LogP contribution in [-0.2, 0) is 4.79 Å². The molecule has 0 saturated carbocycles. The van der Waals surface area contributed by atoms with Gasteiger partial charge >= 0.3 is 5.97 Å². The predicted molar refractivity (Wildman–Crippen MR) is 115 cm³/mol. The van der Waals surface area contributed by atoms with Crippen LogP contribution in [0, 0.1) is 0 Å². The molecular weight excluding hydrogens is 410 g/mol. The van der Waals surface area contributed by atoms with E-state index in [2.05, 4.69) is 10.3 Å². The fourth-order valence-electron chi connectivity index (χ4n) is 2.76. The average Bonchev–Trinajstić information content (AvgIpc) is 3.30. The first kappa shape index (κ1) is 19.0. The van der Waals surface area contributed by atoms with Crippen molar-refractivity contribution in [3.63, 3.8) is 0 Å². The number of carbonyl (C=O) groups excluding carboxylic acids is 1. The van der Waals surface area contributed by atoms with Gasteiger partial charge in [0.2, 0.25) is 0 Å². The fourth-order valence-corrected chi connectivity index (χ4v) is 3.71. The maximum absolute atomic E-state index is 12.3. The van der Waals surface area contributed by atoms with E-state index < -0.39 is 5.97 Å². The normalized spacial score (nSPS) is 16.4. The summed E-state index contributed by atoms with van der Waals surface area (Å²) in [6.07, 6.45) is 3.62. The molecule has 0 unspecified atom stereocenters. The molecule has 4 rings (SSSR count). The summed E-state index contributed by atoms with van der Waals surface area (Å²) >= 11 is 7.13. The lowest BCUT2D eigenvalue weighted by molar-refractivity contribution is -0.115. The highest BCUT2D eigenvalue weighted by molar-refractivity contribution is 8.18. The number of nitrogens with zero attached hydrogens (tertiary/aromatic N) is 2. The zero-order valence-electron chi connectivity index (χ0n) is 14.9. The largest absolute Gasteiger partial charge is 0.478 e. The van der Waals surface area contributed by atoms with Crippen molar-refractivity contribution >= 4 is 52.2 Å². The second-order valence-electron chi connectivity index (χ2n) is 6.11. The third-order valence-corrected chi connectivity index (χ3v) is 5.32. The number of aliphatic imine (C=N–C) groups is 1. The Labute approximate surface area is 175 Å². The molecule has 1 aliphatic rings. The first-order chi connectivity index (χ1) is 14.0. The van der Waals surface area contributed by atoms with Crippen LogP contribution in [0.5, 0.6) is 0 Å². The molecule has 6 nitrogen and oxygen atoms in total. The van der Waals surface area contributed by atoms with Gasteiger partial charge in [0.05, 0.1) is 16.2 Å². The third-order valence-electron chi connectivity index (χ3n) is 4.16. The molecule has 0 bridgehead atoms. The molecule has 1 amide bonds. The summed E-state index contributed by atoms with van der Waals surface area (Å²) in [6, 6.07) is 17.3. The minimum atomic E-state index is -0.974. The Morgan fingerprint density at radius 1 is 1.10 bits per heavy atom. The summed E-state index contributed by atoms with van der Waals surface area (Å²) in [6.45, 7) is 0. The van der Waals surface area contributed by atoms with Crippen molar-refractivity contribution in [3.05, 3.63) is 88.0 Å². The summed E-state index contributed by atoms with van der Waals surface area (Å²) in [5.41, 5.74) is 2.50. The molecule has 1 aromatic heterocycles. The van der Waals surface area contributed by atoms with Crippen LogP contribution in [0.2, 0.25) is 5.02 Å². The molecule has 1 saturated heterocycles. The van der Waals surface area contributed by atoms with Crippen LogP contribution < -0.4 is 5.32 Å². The van der Waals surface area contributed by atoms with Crippen molar-refractivity contribution in [1.29, 1.82) is 0 Å². The second kappa shape index (κ2) is 7.98. The maximum atomic E-state index is 12.3. The maximum Gasteiger partial charge on any atom is 0.335 e. The highest BCUT2D eigenvalue weighted by Crippen LogP contribution is 2.29. The van der Waals surface area contributed by atoms with Gasteiger partial charge in [-0.3, -0.25) is 4.79 Å². The monoisotopic (exact) mass is 423 g/mol. The molecule has 0 atom stereocenters. The summed E-state index contributed by atoms with van der Waals surface area (Å²) in [5.74, 6) is -1.20. The zero-order chi connectivity index (χ0) is 20.4. The molecule has 3 aromatic rings. The topological polar surface area (TPSA) is 83.7 Å². The standard InChI is InChI=1S/C21H14ClN3O3S/c22-14-5-7-15(8-6-14)23-21-24-19(26)18(29-21)12-17-2-1-11-25(17)16-9-3-13(4-10-16)20(27)28/h1-12H,(H,27,28)(H,23,24,26)/b18-12-. The summed E-state index contributed by atoms with van der Waals surface area (Å²) in [7, 11) is 0. The molecule has 29 heavy (non-hydrogen) atoms. The molecule has 1 aliphatic heterocycles. The molecule has 2 heterocycles. The van der Waals surface area contributed by atoms with Crippen LogP contribution >= 0.6 is 23.4 Å². The number of aromatic nitrogens is 1. The highest BCUT2D eigenvalue weighted by Gasteiger charge is 2.24. The number of rotatable bonds is 4. The van der Waals surface area contributed by atoms with E-state index in [0.29, 0.717) is 20.8 Å². The number of carboxylic acid groups (broad SMARTS) is 1. The van der Waals surface area contributed by atoms with Gasteiger partial charge in [-0.2, -0.15) is 0 Å². The molecule has 0 spiro atoms. The van der Waals surface area contributed by atoms with Gasteiger partial charge in [0.15, 0.2) is 5.17 Å². The molecule has 2 aromatic carbocycles. The Bertz CT molecular complexity index is 1150. The molecule has 144 valence electrons. The van der Waals surface area contributed by atoms with Crippen LogP contribution in [0.3, 0.4) is 0 Å². The Kier molecular flexibility index (Phi) is 5.24. The van der Waals surface area contributed by atoms with E-state index in [-0.39, 0.29) is 11.5 Å². The van der Waals surface area contributed by atoms with Gasteiger partial charge in [-0.15, -0.1) is 0 Å². The van der Waals surface area contributed by atoms with Crippen LogP contribution in [0.15, 0.2) is 76.8 Å². The lowest BCUT2D eigenvalue weighted by Crippen LogP contribution is -2.19. The second-order valence-corrected chi connectivity index (χ2v) is 7.58. The molecule has 0 aliphatic carbocycles. The lowest BCUT2D eigenvalue weighted by Gasteiger charge is -2.07. The summed E-state index contributed by atoms with van der Waals surface area (Å²) in [4.78, 5) is 28.3. The van der Waals surface area contributed by atoms with Crippen molar-refractivity contribution in [1.82, 2.24) is 9.88 Å².